The van der Waals surface area contributed by atoms with Crippen molar-refractivity contribution < 1.29 is 0 Å². The molecule has 0 aliphatic heterocycles. The van der Waals surface area contributed by atoms with Crippen LogP contribution in [0.4, 0.5) is 0 Å². The smallest absolute Gasteiger partial charge is 0.179 e. The van der Waals surface area contributed by atoms with Crippen molar-refractivity contribution in [3.63, 3.8) is 0 Å². The molecule has 96 valence electrons. The molecule has 0 aliphatic rings. The number of hydrogen-bond acceptors (Lipinski definition) is 5. The van der Waals surface area contributed by atoms with Gasteiger partial charge >= 0.3 is 0 Å². The van der Waals surface area contributed by atoms with Gasteiger partial charge in [0.05, 0.1) is 18.1 Å². The third-order valence-electron chi connectivity index (χ3n) is 2.79. The highest BCUT2D eigenvalue weighted by molar-refractivity contribution is 7.98. The Labute approximate surface area is 115 Å². The number of nitrogens with zero attached hydrogens (tertiary/aromatic N) is 5. The lowest BCUT2D eigenvalue weighted by atomic mass is 10.4. The summed E-state index contributed by atoms with van der Waals surface area (Å²) in [5.74, 6) is 0.697. The molecule has 3 aromatic heterocycles. The summed E-state index contributed by atoms with van der Waals surface area (Å²) in [6.45, 7) is 3.93. The van der Waals surface area contributed by atoms with Gasteiger partial charge in [0.2, 0.25) is 0 Å². The van der Waals surface area contributed by atoms with Crippen molar-refractivity contribution in [2.75, 3.05) is 6.26 Å². The predicted molar refractivity (Wildman–Crippen MR) is 75.3 cm³/mol. The molecule has 0 bridgehead atoms. The first-order chi connectivity index (χ1) is 9.17. The molecule has 19 heavy (non-hydrogen) atoms. The molecular weight excluding hydrogens is 258 g/mol. The lowest BCUT2D eigenvalue weighted by Gasteiger charge is -2.04. The Bertz CT molecular complexity index is 750. The van der Waals surface area contributed by atoms with E-state index < -0.39 is 0 Å². The highest BCUT2D eigenvalue weighted by atomic mass is 32.2. The average Bonchev–Trinajstić information content (AvgIpc) is 2.80. The fraction of sp³-hybridized carbons (Fsp3) is 0.231. The van der Waals surface area contributed by atoms with Gasteiger partial charge in [-0.1, -0.05) is 0 Å². The summed E-state index contributed by atoms with van der Waals surface area (Å²) < 4.78 is 1.97. The van der Waals surface area contributed by atoms with Crippen molar-refractivity contribution in [3.8, 4) is 11.5 Å². The second-order valence-electron chi connectivity index (χ2n) is 4.28. The van der Waals surface area contributed by atoms with E-state index in [1.807, 2.05) is 36.8 Å². The van der Waals surface area contributed by atoms with Crippen molar-refractivity contribution >= 4 is 17.4 Å². The van der Waals surface area contributed by atoms with E-state index in [1.54, 1.807) is 24.2 Å². The van der Waals surface area contributed by atoms with Crippen LogP contribution in [0.2, 0.25) is 0 Å². The number of aryl methyl sites for hydroxylation is 2. The predicted octanol–water partition coefficient (Wildman–Crippen LogP) is 2.53. The van der Waals surface area contributed by atoms with Gasteiger partial charge in [-0.25, -0.2) is 15.0 Å². The van der Waals surface area contributed by atoms with E-state index in [1.165, 1.54) is 0 Å². The molecule has 3 rings (SSSR count). The third kappa shape index (κ3) is 2.19. The average molecular weight is 271 g/mol. The zero-order valence-corrected chi connectivity index (χ0v) is 11.8. The van der Waals surface area contributed by atoms with E-state index in [-0.39, 0.29) is 0 Å². The summed E-state index contributed by atoms with van der Waals surface area (Å²) in [6, 6.07) is 1.98. The minimum atomic E-state index is 0.697. The number of fused-ring (bicyclic) bond motifs is 1. The molecule has 0 saturated carbocycles. The second kappa shape index (κ2) is 4.62. The van der Waals surface area contributed by atoms with Crippen LogP contribution >= 0.6 is 11.8 Å². The largest absolute Gasteiger partial charge is 0.294 e. The fourth-order valence-corrected chi connectivity index (χ4v) is 2.38. The topological polar surface area (TPSA) is 56.0 Å². The Balaban J connectivity index is 2.24. The molecule has 6 heteroatoms. The molecule has 0 atom stereocenters. The Hall–Kier alpha value is -1.95. The van der Waals surface area contributed by atoms with E-state index in [2.05, 4.69) is 19.9 Å². The molecule has 3 aromatic rings. The standard InChI is InChI=1S/C13H13N5S/c1-8-4-12(19-3)17-13(16-8)10-5-15-11-6-14-9(2)7-18(10)11/h4-7H,1-3H3. The third-order valence-corrected chi connectivity index (χ3v) is 3.42. The first-order valence-electron chi connectivity index (χ1n) is 5.87. The highest BCUT2D eigenvalue weighted by Crippen LogP contribution is 2.21. The van der Waals surface area contributed by atoms with E-state index in [0.717, 1.165) is 27.8 Å². The van der Waals surface area contributed by atoms with Crippen molar-refractivity contribution in [2.24, 2.45) is 0 Å². The molecule has 0 amide bonds. The zero-order valence-electron chi connectivity index (χ0n) is 11.0. The molecule has 0 radical (unpaired) electrons. The summed E-state index contributed by atoms with van der Waals surface area (Å²) >= 11 is 1.61. The molecule has 0 aromatic carbocycles. The molecular formula is C13H13N5S. The van der Waals surface area contributed by atoms with Crippen LogP contribution in [-0.2, 0) is 0 Å². The molecule has 3 heterocycles. The second-order valence-corrected chi connectivity index (χ2v) is 5.10. The molecule has 0 aliphatic carbocycles. The maximum Gasteiger partial charge on any atom is 0.179 e. The molecule has 0 fully saturated rings. The van der Waals surface area contributed by atoms with Gasteiger partial charge in [-0.15, -0.1) is 11.8 Å². The summed E-state index contributed by atoms with van der Waals surface area (Å²) in [5, 5.41) is 0.961. The van der Waals surface area contributed by atoms with Crippen LogP contribution in [0.1, 0.15) is 11.4 Å². The Morgan fingerprint density at radius 1 is 1.05 bits per heavy atom. The number of rotatable bonds is 2. The van der Waals surface area contributed by atoms with Gasteiger partial charge < -0.3 is 0 Å². The van der Waals surface area contributed by atoms with Gasteiger partial charge in [0.25, 0.3) is 0 Å². The normalized spacial score (nSPS) is 11.1. The zero-order chi connectivity index (χ0) is 13.4. The Morgan fingerprint density at radius 2 is 1.89 bits per heavy atom. The van der Waals surface area contributed by atoms with E-state index >= 15 is 0 Å². The van der Waals surface area contributed by atoms with E-state index in [4.69, 9.17) is 0 Å². The fourth-order valence-electron chi connectivity index (χ4n) is 1.91. The molecule has 0 N–H and O–H groups in total. The molecule has 0 saturated heterocycles. The highest BCUT2D eigenvalue weighted by Gasteiger charge is 2.10. The SMILES string of the molecule is CSc1cc(C)nc(-c2cnc3cnc(C)cn23)n1. The van der Waals surface area contributed by atoms with Crippen LogP contribution in [0.15, 0.2) is 29.7 Å². The van der Waals surface area contributed by atoms with Crippen LogP contribution in [-0.4, -0.2) is 30.6 Å². The number of aromatic nitrogens is 5. The summed E-state index contributed by atoms with van der Waals surface area (Å²) in [4.78, 5) is 17.6. The quantitative estimate of drug-likeness (QED) is 0.529. The maximum absolute atomic E-state index is 4.54. The molecule has 5 nitrogen and oxygen atoms in total. The maximum atomic E-state index is 4.54. The van der Waals surface area contributed by atoms with Crippen molar-refractivity contribution in [1.82, 2.24) is 24.3 Å². The first-order valence-corrected chi connectivity index (χ1v) is 7.09. The summed E-state index contributed by atoms with van der Waals surface area (Å²) in [6.07, 6.45) is 7.50. The van der Waals surface area contributed by atoms with Gasteiger partial charge in [-0.05, 0) is 26.2 Å². The Morgan fingerprint density at radius 3 is 2.68 bits per heavy atom. The number of thioether (sulfide) groups is 1. The van der Waals surface area contributed by atoms with Crippen molar-refractivity contribution in [1.29, 1.82) is 0 Å². The summed E-state index contributed by atoms with van der Waals surface area (Å²) in [7, 11) is 0. The van der Waals surface area contributed by atoms with Crippen LogP contribution in [0.5, 0.6) is 0 Å². The van der Waals surface area contributed by atoms with Crippen molar-refractivity contribution in [3.05, 3.63) is 36.0 Å². The van der Waals surface area contributed by atoms with Gasteiger partial charge in [-0.3, -0.25) is 9.38 Å². The van der Waals surface area contributed by atoms with Gasteiger partial charge in [-0.2, -0.15) is 0 Å². The lowest BCUT2D eigenvalue weighted by Crippen LogP contribution is -1.98. The Kier molecular flexibility index (Phi) is 2.94. The van der Waals surface area contributed by atoms with E-state index in [9.17, 15) is 0 Å². The van der Waals surface area contributed by atoms with Crippen LogP contribution < -0.4 is 0 Å². The van der Waals surface area contributed by atoms with Crippen LogP contribution in [0.3, 0.4) is 0 Å². The van der Waals surface area contributed by atoms with Crippen LogP contribution in [0.25, 0.3) is 17.2 Å². The lowest BCUT2D eigenvalue weighted by molar-refractivity contribution is 0.990. The number of hydrogen-bond donors (Lipinski definition) is 0. The minimum absolute atomic E-state index is 0.697. The first kappa shape index (κ1) is 12.1. The van der Waals surface area contributed by atoms with Crippen LogP contribution in [0, 0.1) is 13.8 Å². The van der Waals surface area contributed by atoms with E-state index in [0.29, 0.717) is 5.82 Å². The molecule has 0 spiro atoms. The monoisotopic (exact) mass is 271 g/mol. The summed E-state index contributed by atoms with van der Waals surface area (Å²) in [5.41, 5.74) is 3.58. The number of imidazole rings is 1. The minimum Gasteiger partial charge on any atom is -0.294 e. The van der Waals surface area contributed by atoms with Gasteiger partial charge in [0.15, 0.2) is 11.5 Å². The van der Waals surface area contributed by atoms with Crippen molar-refractivity contribution in [2.45, 2.75) is 18.9 Å². The van der Waals surface area contributed by atoms with Gasteiger partial charge in [0.1, 0.15) is 10.7 Å². The van der Waals surface area contributed by atoms with Gasteiger partial charge in [0, 0.05) is 11.9 Å². The molecule has 0 unspecified atom stereocenters.